The molecule has 0 spiro atoms. The lowest BCUT2D eigenvalue weighted by Gasteiger charge is -2.13. The molecular weight excluding hydrogens is 244 g/mol. The van der Waals surface area contributed by atoms with Gasteiger partial charge in [0, 0.05) is 0 Å². The van der Waals surface area contributed by atoms with E-state index in [1.807, 2.05) is 13.0 Å². The first-order valence-electron chi connectivity index (χ1n) is 4.80. The van der Waals surface area contributed by atoms with Crippen LogP contribution in [-0.4, -0.2) is 21.9 Å². The Labute approximate surface area is 103 Å². The SMILES string of the molecule is CC1SC(=S)OC1OC(=O)c1ccccc1. The lowest BCUT2D eigenvalue weighted by Crippen LogP contribution is -2.24. The highest BCUT2D eigenvalue weighted by atomic mass is 32.2. The van der Waals surface area contributed by atoms with Crippen molar-refractivity contribution in [1.29, 1.82) is 0 Å². The van der Waals surface area contributed by atoms with Gasteiger partial charge in [-0.3, -0.25) is 0 Å². The van der Waals surface area contributed by atoms with Gasteiger partial charge in [0.25, 0.3) is 6.29 Å². The Morgan fingerprint density at radius 1 is 1.44 bits per heavy atom. The molecule has 0 aliphatic carbocycles. The van der Waals surface area contributed by atoms with Gasteiger partial charge >= 0.3 is 5.97 Å². The topological polar surface area (TPSA) is 35.5 Å². The molecule has 2 rings (SSSR count). The standard InChI is InChI=1S/C11H10O3S2/c1-7-10(14-11(15)16-7)13-9(12)8-5-3-2-4-6-8/h2-7,10H,1H3. The summed E-state index contributed by atoms with van der Waals surface area (Å²) in [5.41, 5.74) is 0.515. The van der Waals surface area contributed by atoms with Gasteiger partial charge in [0.15, 0.2) is 0 Å². The third-order valence-electron chi connectivity index (χ3n) is 2.11. The summed E-state index contributed by atoms with van der Waals surface area (Å²) in [6, 6.07) is 8.82. The molecule has 1 saturated heterocycles. The summed E-state index contributed by atoms with van der Waals surface area (Å²) in [7, 11) is 0. The van der Waals surface area contributed by atoms with Crippen molar-refractivity contribution in [3.8, 4) is 0 Å². The molecule has 1 aromatic rings. The van der Waals surface area contributed by atoms with Crippen molar-refractivity contribution in [1.82, 2.24) is 0 Å². The zero-order valence-electron chi connectivity index (χ0n) is 8.58. The van der Waals surface area contributed by atoms with E-state index >= 15 is 0 Å². The van der Waals surface area contributed by atoms with E-state index in [9.17, 15) is 4.79 Å². The lowest BCUT2D eigenvalue weighted by atomic mass is 10.2. The normalized spacial score (nSPS) is 23.9. The zero-order valence-corrected chi connectivity index (χ0v) is 10.2. The van der Waals surface area contributed by atoms with E-state index in [0.29, 0.717) is 9.95 Å². The molecule has 1 aliphatic heterocycles. The zero-order chi connectivity index (χ0) is 11.5. The predicted molar refractivity (Wildman–Crippen MR) is 66.4 cm³/mol. The summed E-state index contributed by atoms with van der Waals surface area (Å²) in [5.74, 6) is -0.386. The first-order chi connectivity index (χ1) is 7.66. The van der Waals surface area contributed by atoms with Crippen LogP contribution in [-0.2, 0) is 9.47 Å². The van der Waals surface area contributed by atoms with Crippen molar-refractivity contribution in [3.05, 3.63) is 35.9 Å². The summed E-state index contributed by atoms with van der Waals surface area (Å²) in [4.78, 5) is 11.7. The molecule has 0 bridgehead atoms. The minimum Gasteiger partial charge on any atom is -0.437 e. The van der Waals surface area contributed by atoms with Crippen LogP contribution >= 0.6 is 24.0 Å². The first-order valence-corrected chi connectivity index (χ1v) is 6.09. The van der Waals surface area contributed by atoms with Gasteiger partial charge in [-0.15, -0.1) is 0 Å². The minimum atomic E-state index is -0.579. The van der Waals surface area contributed by atoms with Crippen molar-refractivity contribution in [3.63, 3.8) is 0 Å². The smallest absolute Gasteiger partial charge is 0.341 e. The van der Waals surface area contributed by atoms with Crippen LogP contribution in [0.25, 0.3) is 0 Å². The Morgan fingerprint density at radius 2 is 2.12 bits per heavy atom. The number of carbonyl (C=O) groups excluding carboxylic acids is 1. The Bertz CT molecular complexity index is 405. The van der Waals surface area contributed by atoms with Crippen molar-refractivity contribution in [2.75, 3.05) is 0 Å². The van der Waals surface area contributed by atoms with E-state index in [2.05, 4.69) is 0 Å². The van der Waals surface area contributed by atoms with Crippen LogP contribution in [0.2, 0.25) is 0 Å². The lowest BCUT2D eigenvalue weighted by molar-refractivity contribution is -0.0450. The Balaban J connectivity index is 2.01. The van der Waals surface area contributed by atoms with Crippen molar-refractivity contribution in [2.24, 2.45) is 0 Å². The van der Waals surface area contributed by atoms with Gasteiger partial charge in [-0.05, 0) is 31.3 Å². The molecular formula is C11H10O3S2. The molecule has 1 fully saturated rings. The van der Waals surface area contributed by atoms with Crippen LogP contribution < -0.4 is 0 Å². The predicted octanol–water partition coefficient (Wildman–Crippen LogP) is 2.61. The molecule has 2 atom stereocenters. The van der Waals surface area contributed by atoms with E-state index in [4.69, 9.17) is 21.7 Å². The van der Waals surface area contributed by atoms with Crippen LogP contribution in [0.3, 0.4) is 0 Å². The molecule has 0 saturated carbocycles. The molecule has 1 heterocycles. The summed E-state index contributed by atoms with van der Waals surface area (Å²) in [5, 5.41) is 0.0418. The highest BCUT2D eigenvalue weighted by Crippen LogP contribution is 2.29. The summed E-state index contributed by atoms with van der Waals surface area (Å²) in [6.45, 7) is 1.91. The maximum Gasteiger partial charge on any atom is 0.341 e. The number of hydrogen-bond donors (Lipinski definition) is 0. The Kier molecular flexibility index (Phi) is 3.46. The van der Waals surface area contributed by atoms with Crippen molar-refractivity contribution >= 4 is 34.3 Å². The maximum absolute atomic E-state index is 11.7. The van der Waals surface area contributed by atoms with E-state index in [-0.39, 0.29) is 11.2 Å². The molecule has 0 N–H and O–H groups in total. The van der Waals surface area contributed by atoms with E-state index in [0.717, 1.165) is 0 Å². The fourth-order valence-corrected chi connectivity index (χ4v) is 2.52. The number of thioether (sulfide) groups is 1. The number of carbonyl (C=O) groups is 1. The van der Waals surface area contributed by atoms with Gasteiger partial charge in [-0.25, -0.2) is 4.79 Å². The fourth-order valence-electron chi connectivity index (χ4n) is 1.29. The number of benzene rings is 1. The Morgan fingerprint density at radius 3 is 2.69 bits per heavy atom. The molecule has 1 aromatic carbocycles. The average molecular weight is 254 g/mol. The highest BCUT2D eigenvalue weighted by Gasteiger charge is 2.33. The largest absolute Gasteiger partial charge is 0.437 e. The van der Waals surface area contributed by atoms with Gasteiger partial charge in [0.1, 0.15) is 0 Å². The van der Waals surface area contributed by atoms with E-state index in [1.54, 1.807) is 24.3 Å². The molecule has 0 radical (unpaired) electrons. The number of thiocarbonyl (C=S) groups is 1. The van der Waals surface area contributed by atoms with Crippen molar-refractivity contribution < 1.29 is 14.3 Å². The summed E-state index contributed by atoms with van der Waals surface area (Å²) in [6.07, 6.45) is -0.579. The number of ether oxygens (including phenoxy) is 2. The fraction of sp³-hybridized carbons (Fsp3) is 0.273. The van der Waals surface area contributed by atoms with Gasteiger partial charge in [-0.1, -0.05) is 30.0 Å². The number of esters is 1. The Hall–Kier alpha value is -1.07. The molecule has 16 heavy (non-hydrogen) atoms. The molecule has 84 valence electrons. The maximum atomic E-state index is 11.7. The van der Waals surface area contributed by atoms with Crippen LogP contribution in [0.5, 0.6) is 0 Å². The van der Waals surface area contributed by atoms with Gasteiger partial charge in [0.05, 0.1) is 10.8 Å². The number of rotatable bonds is 2. The quantitative estimate of drug-likeness (QED) is 0.599. The minimum absolute atomic E-state index is 0.0418. The second-order valence-electron chi connectivity index (χ2n) is 3.33. The molecule has 5 heteroatoms. The third kappa shape index (κ3) is 2.54. The van der Waals surface area contributed by atoms with Crippen LogP contribution in [0.1, 0.15) is 17.3 Å². The van der Waals surface area contributed by atoms with E-state index < -0.39 is 6.29 Å². The molecule has 0 amide bonds. The molecule has 2 unspecified atom stereocenters. The average Bonchev–Trinajstić information content (AvgIpc) is 2.59. The molecule has 3 nitrogen and oxygen atoms in total. The third-order valence-corrected chi connectivity index (χ3v) is 3.38. The monoisotopic (exact) mass is 254 g/mol. The summed E-state index contributed by atoms with van der Waals surface area (Å²) >= 11 is 6.29. The summed E-state index contributed by atoms with van der Waals surface area (Å²) < 4.78 is 10.9. The van der Waals surface area contributed by atoms with E-state index in [1.165, 1.54) is 11.8 Å². The van der Waals surface area contributed by atoms with Crippen LogP contribution in [0.15, 0.2) is 30.3 Å². The first kappa shape index (κ1) is 11.4. The highest BCUT2D eigenvalue weighted by molar-refractivity contribution is 8.23. The number of hydrogen-bond acceptors (Lipinski definition) is 5. The van der Waals surface area contributed by atoms with Gasteiger partial charge < -0.3 is 9.47 Å². The van der Waals surface area contributed by atoms with Gasteiger partial charge in [-0.2, -0.15) is 0 Å². The van der Waals surface area contributed by atoms with Crippen LogP contribution in [0, 0.1) is 0 Å². The second kappa shape index (κ2) is 4.84. The van der Waals surface area contributed by atoms with Crippen molar-refractivity contribution in [2.45, 2.75) is 18.5 Å². The second-order valence-corrected chi connectivity index (χ2v) is 5.31. The van der Waals surface area contributed by atoms with Crippen LogP contribution in [0.4, 0.5) is 0 Å². The molecule has 1 aliphatic rings. The molecule has 0 aromatic heterocycles. The van der Waals surface area contributed by atoms with Gasteiger partial charge in [0.2, 0.25) is 4.38 Å².